The second kappa shape index (κ2) is 2.85. The average molecular weight is 178 g/mol. The Kier molecular flexibility index (Phi) is 1.81. The molecule has 1 aliphatic rings. The van der Waals surface area contributed by atoms with Gasteiger partial charge >= 0.3 is 5.97 Å². The lowest BCUT2D eigenvalue weighted by Gasteiger charge is -2.18. The van der Waals surface area contributed by atoms with Crippen LogP contribution in [0.1, 0.15) is 18.9 Å². The van der Waals surface area contributed by atoms with Crippen LogP contribution in [0.3, 0.4) is 0 Å². The highest BCUT2D eigenvalue weighted by Crippen LogP contribution is 2.34. The molecule has 0 spiro atoms. The van der Waals surface area contributed by atoms with Crippen LogP contribution >= 0.6 is 0 Å². The van der Waals surface area contributed by atoms with E-state index in [1.165, 1.54) is 0 Å². The summed E-state index contributed by atoms with van der Waals surface area (Å²) >= 11 is 0. The van der Waals surface area contributed by atoms with Gasteiger partial charge in [-0.25, -0.2) is 4.79 Å². The summed E-state index contributed by atoms with van der Waals surface area (Å²) in [5.41, 5.74) is 0.346. The molecule has 1 saturated heterocycles. The number of rotatable bonds is 1. The summed E-state index contributed by atoms with van der Waals surface area (Å²) in [7, 11) is 0. The van der Waals surface area contributed by atoms with Gasteiger partial charge in [0.15, 0.2) is 0 Å². The Morgan fingerprint density at radius 2 is 2.00 bits per heavy atom. The van der Waals surface area contributed by atoms with Crippen LogP contribution in [0.15, 0.2) is 30.3 Å². The second-order valence-electron chi connectivity index (χ2n) is 3.31. The van der Waals surface area contributed by atoms with Crippen LogP contribution < -0.4 is 0 Å². The first-order valence-electron chi connectivity index (χ1n) is 4.15. The van der Waals surface area contributed by atoms with E-state index in [1.54, 1.807) is 0 Å². The van der Waals surface area contributed by atoms with Gasteiger partial charge in [-0.05, 0) is 12.5 Å². The fourth-order valence-electron chi connectivity index (χ4n) is 1.41. The molecule has 13 heavy (non-hydrogen) atoms. The standard InChI is InChI=1S/C10H10O3/c1-10(7-9(11)12-13-10)8-5-3-2-4-6-8/h2-6H,7H2,1H3. The quantitative estimate of drug-likeness (QED) is 0.615. The Bertz CT molecular complexity index is 320. The smallest absolute Gasteiger partial charge is 0.297 e. The molecule has 0 amide bonds. The van der Waals surface area contributed by atoms with E-state index < -0.39 is 5.60 Å². The molecular formula is C10H10O3. The SMILES string of the molecule is CC1(c2ccccc2)CC(=O)OO1. The largest absolute Gasteiger partial charge is 0.345 e. The highest BCUT2D eigenvalue weighted by atomic mass is 17.2. The minimum atomic E-state index is -0.613. The van der Waals surface area contributed by atoms with Crippen LogP contribution in [0.2, 0.25) is 0 Å². The first-order chi connectivity index (χ1) is 6.21. The van der Waals surface area contributed by atoms with Crippen molar-refractivity contribution in [1.29, 1.82) is 0 Å². The first-order valence-corrected chi connectivity index (χ1v) is 4.15. The molecular weight excluding hydrogens is 168 g/mol. The normalized spacial score (nSPS) is 27.3. The molecule has 0 N–H and O–H groups in total. The van der Waals surface area contributed by atoms with Gasteiger partial charge in [-0.1, -0.05) is 30.3 Å². The summed E-state index contributed by atoms with van der Waals surface area (Å²) in [6.45, 7) is 1.84. The van der Waals surface area contributed by atoms with Gasteiger partial charge < -0.3 is 0 Å². The summed E-state index contributed by atoms with van der Waals surface area (Å²) < 4.78 is 0. The van der Waals surface area contributed by atoms with E-state index in [0.29, 0.717) is 0 Å². The molecule has 1 fully saturated rings. The summed E-state index contributed by atoms with van der Waals surface area (Å²) in [6, 6.07) is 9.58. The molecule has 3 heteroatoms. The van der Waals surface area contributed by atoms with Gasteiger partial charge in [0.05, 0.1) is 6.42 Å². The van der Waals surface area contributed by atoms with Crippen molar-refractivity contribution < 1.29 is 14.6 Å². The molecule has 1 aliphatic heterocycles. The van der Waals surface area contributed by atoms with Gasteiger partial charge in [-0.15, -0.1) is 0 Å². The molecule has 0 saturated carbocycles. The summed E-state index contributed by atoms with van der Waals surface area (Å²) in [6.07, 6.45) is 0.275. The van der Waals surface area contributed by atoms with Crippen LogP contribution in [0.4, 0.5) is 0 Å². The van der Waals surface area contributed by atoms with Crippen molar-refractivity contribution in [2.24, 2.45) is 0 Å². The number of hydrogen-bond acceptors (Lipinski definition) is 3. The highest BCUT2D eigenvalue weighted by Gasteiger charge is 2.39. The van der Waals surface area contributed by atoms with E-state index in [-0.39, 0.29) is 12.4 Å². The summed E-state index contributed by atoms with van der Waals surface area (Å²) in [5, 5.41) is 0. The van der Waals surface area contributed by atoms with Crippen LogP contribution in [0, 0.1) is 0 Å². The zero-order chi connectivity index (χ0) is 9.31. The minimum absolute atomic E-state index is 0.275. The van der Waals surface area contributed by atoms with Crippen molar-refractivity contribution in [3.63, 3.8) is 0 Å². The number of hydrogen-bond donors (Lipinski definition) is 0. The zero-order valence-corrected chi connectivity index (χ0v) is 7.32. The maximum atomic E-state index is 10.9. The Labute approximate surface area is 76.2 Å². The Morgan fingerprint density at radius 3 is 2.54 bits per heavy atom. The highest BCUT2D eigenvalue weighted by molar-refractivity contribution is 5.71. The number of carbonyl (C=O) groups excluding carboxylic acids is 1. The second-order valence-corrected chi connectivity index (χ2v) is 3.31. The molecule has 1 aromatic carbocycles. The molecule has 0 radical (unpaired) electrons. The molecule has 0 bridgehead atoms. The fourth-order valence-corrected chi connectivity index (χ4v) is 1.41. The Balaban J connectivity index is 2.31. The maximum Gasteiger partial charge on any atom is 0.345 e. The lowest BCUT2D eigenvalue weighted by molar-refractivity contribution is -0.293. The molecule has 0 aliphatic carbocycles. The van der Waals surface area contributed by atoms with Crippen LogP contribution in [0.25, 0.3) is 0 Å². The maximum absolute atomic E-state index is 10.9. The van der Waals surface area contributed by atoms with Gasteiger partial charge in [0.1, 0.15) is 5.60 Å². The predicted molar refractivity (Wildman–Crippen MR) is 45.6 cm³/mol. The van der Waals surface area contributed by atoms with Crippen LogP contribution in [0.5, 0.6) is 0 Å². The molecule has 2 rings (SSSR count). The topological polar surface area (TPSA) is 35.5 Å². The average Bonchev–Trinajstić information content (AvgIpc) is 2.49. The molecule has 68 valence electrons. The van der Waals surface area contributed by atoms with Crippen LogP contribution in [-0.2, 0) is 20.2 Å². The third-order valence-electron chi connectivity index (χ3n) is 2.18. The van der Waals surface area contributed by atoms with Gasteiger partial charge in [-0.2, -0.15) is 4.89 Å². The van der Waals surface area contributed by atoms with Crippen molar-refractivity contribution in [1.82, 2.24) is 0 Å². The van der Waals surface area contributed by atoms with E-state index in [9.17, 15) is 4.79 Å². The summed E-state index contributed by atoms with van der Waals surface area (Å²) in [5.74, 6) is -0.314. The molecule has 1 aromatic rings. The zero-order valence-electron chi connectivity index (χ0n) is 7.32. The Hall–Kier alpha value is -1.35. The van der Waals surface area contributed by atoms with Crippen molar-refractivity contribution >= 4 is 5.97 Å². The van der Waals surface area contributed by atoms with E-state index in [2.05, 4.69) is 4.89 Å². The lowest BCUT2D eigenvalue weighted by atomic mass is 9.93. The van der Waals surface area contributed by atoms with E-state index in [0.717, 1.165) is 5.56 Å². The Morgan fingerprint density at radius 1 is 1.31 bits per heavy atom. The fraction of sp³-hybridized carbons (Fsp3) is 0.300. The van der Waals surface area contributed by atoms with Gasteiger partial charge in [-0.3, -0.25) is 4.89 Å². The van der Waals surface area contributed by atoms with Crippen molar-refractivity contribution in [3.05, 3.63) is 35.9 Å². The summed E-state index contributed by atoms with van der Waals surface area (Å²) in [4.78, 5) is 20.4. The monoisotopic (exact) mass is 178 g/mol. The first kappa shape index (κ1) is 8.26. The predicted octanol–water partition coefficient (Wildman–Crippen LogP) is 1.78. The van der Waals surface area contributed by atoms with Gasteiger partial charge in [0, 0.05) is 0 Å². The van der Waals surface area contributed by atoms with E-state index in [4.69, 9.17) is 4.89 Å². The third-order valence-corrected chi connectivity index (χ3v) is 2.18. The molecule has 3 nitrogen and oxygen atoms in total. The van der Waals surface area contributed by atoms with E-state index in [1.807, 2.05) is 37.3 Å². The van der Waals surface area contributed by atoms with Gasteiger partial charge in [0.25, 0.3) is 0 Å². The molecule has 0 aromatic heterocycles. The number of carbonyl (C=O) groups is 1. The van der Waals surface area contributed by atoms with Crippen molar-refractivity contribution in [2.75, 3.05) is 0 Å². The third kappa shape index (κ3) is 1.42. The molecule has 1 unspecified atom stereocenters. The number of benzene rings is 1. The molecule has 1 heterocycles. The van der Waals surface area contributed by atoms with Gasteiger partial charge in [0.2, 0.25) is 0 Å². The lowest BCUT2D eigenvalue weighted by Crippen LogP contribution is -2.19. The minimum Gasteiger partial charge on any atom is -0.297 e. The van der Waals surface area contributed by atoms with E-state index >= 15 is 0 Å². The molecule has 1 atom stereocenters. The van der Waals surface area contributed by atoms with Crippen LogP contribution in [-0.4, -0.2) is 5.97 Å². The van der Waals surface area contributed by atoms with Crippen molar-refractivity contribution in [2.45, 2.75) is 18.9 Å². The van der Waals surface area contributed by atoms with Crippen molar-refractivity contribution in [3.8, 4) is 0 Å².